The Labute approximate surface area is 92.4 Å². The number of benzene rings is 1. The molecule has 1 aromatic carbocycles. The molecule has 0 aliphatic heterocycles. The molecule has 2 nitrogen and oxygen atoms in total. The molecule has 0 aromatic heterocycles. The summed E-state index contributed by atoms with van der Waals surface area (Å²) >= 11 is 3.15. The van der Waals surface area contributed by atoms with Gasteiger partial charge in [-0.3, -0.25) is 4.79 Å². The topological polar surface area (TPSA) is 26.3 Å². The van der Waals surface area contributed by atoms with Crippen LogP contribution in [0.3, 0.4) is 0 Å². The van der Waals surface area contributed by atoms with Crippen molar-refractivity contribution >= 4 is 21.9 Å². The Morgan fingerprint density at radius 1 is 1.43 bits per heavy atom. The van der Waals surface area contributed by atoms with Crippen LogP contribution in [0, 0.1) is 6.92 Å². The fourth-order valence-electron chi connectivity index (χ4n) is 0.954. The molecule has 0 amide bonds. The Hall–Kier alpha value is -0.830. The number of halogens is 1. The van der Waals surface area contributed by atoms with E-state index in [2.05, 4.69) is 15.9 Å². The summed E-state index contributed by atoms with van der Waals surface area (Å²) in [4.78, 5) is 10.9. The van der Waals surface area contributed by atoms with Gasteiger partial charge >= 0.3 is 5.97 Å². The van der Waals surface area contributed by atoms with Crippen molar-refractivity contribution in [3.05, 3.63) is 35.4 Å². The second-order valence-electron chi connectivity index (χ2n) is 3.21. The second kappa shape index (κ2) is 5.15. The number of carbonyl (C=O) groups excluding carboxylic acids is 1. The van der Waals surface area contributed by atoms with E-state index in [0.717, 1.165) is 5.56 Å². The summed E-state index contributed by atoms with van der Waals surface area (Å²) in [5.74, 6) is -0.231. The third-order valence-electron chi connectivity index (χ3n) is 1.83. The zero-order valence-corrected chi connectivity index (χ0v) is 9.87. The van der Waals surface area contributed by atoms with Crippen LogP contribution in [0.1, 0.15) is 18.1 Å². The molecule has 0 radical (unpaired) electrons. The summed E-state index contributed by atoms with van der Waals surface area (Å²) in [6.45, 7) is 4.11. The van der Waals surface area contributed by atoms with E-state index < -0.39 is 0 Å². The van der Waals surface area contributed by atoms with Gasteiger partial charge in [-0.1, -0.05) is 45.8 Å². The van der Waals surface area contributed by atoms with Crippen molar-refractivity contribution in [3.63, 3.8) is 0 Å². The smallest absolute Gasteiger partial charge is 0.319 e. The number of ether oxygens (including phenoxy) is 1. The van der Waals surface area contributed by atoms with Crippen molar-refractivity contribution in [3.8, 4) is 0 Å². The van der Waals surface area contributed by atoms with Gasteiger partial charge in [0.1, 0.15) is 11.4 Å². The molecule has 14 heavy (non-hydrogen) atoms. The van der Waals surface area contributed by atoms with Crippen LogP contribution in [-0.2, 0) is 16.1 Å². The molecular weight excluding hydrogens is 244 g/mol. The van der Waals surface area contributed by atoms with Crippen LogP contribution >= 0.6 is 15.9 Å². The van der Waals surface area contributed by atoms with E-state index in [1.54, 1.807) is 6.92 Å². The number of esters is 1. The van der Waals surface area contributed by atoms with Crippen molar-refractivity contribution in [2.75, 3.05) is 0 Å². The predicted molar refractivity (Wildman–Crippen MR) is 59.4 cm³/mol. The SMILES string of the molecule is Cc1ccc(COC(=O)C(C)Br)cc1. The van der Waals surface area contributed by atoms with Gasteiger partial charge in [0.2, 0.25) is 0 Å². The first-order valence-corrected chi connectivity index (χ1v) is 5.37. The van der Waals surface area contributed by atoms with Gasteiger partial charge in [-0.25, -0.2) is 0 Å². The summed E-state index contributed by atoms with van der Waals surface area (Å²) in [6.07, 6.45) is 0. The molecule has 0 bridgehead atoms. The van der Waals surface area contributed by atoms with Gasteiger partial charge in [0.15, 0.2) is 0 Å². The third-order valence-corrected chi connectivity index (χ3v) is 2.20. The maximum atomic E-state index is 11.1. The number of alkyl halides is 1. The summed E-state index contributed by atoms with van der Waals surface area (Å²) in [6, 6.07) is 7.92. The van der Waals surface area contributed by atoms with Crippen molar-refractivity contribution in [2.24, 2.45) is 0 Å². The largest absolute Gasteiger partial charge is 0.460 e. The van der Waals surface area contributed by atoms with E-state index in [9.17, 15) is 4.79 Å². The standard InChI is InChI=1S/C11H13BrO2/c1-8-3-5-10(6-4-8)7-14-11(13)9(2)12/h3-6,9H,7H2,1-2H3. The lowest BCUT2D eigenvalue weighted by molar-refractivity contribution is -0.143. The van der Waals surface area contributed by atoms with Crippen LogP contribution in [0.15, 0.2) is 24.3 Å². The Bertz CT molecular complexity index is 304. The number of aryl methyl sites for hydroxylation is 1. The van der Waals surface area contributed by atoms with Gasteiger partial charge < -0.3 is 4.74 Å². The lowest BCUT2D eigenvalue weighted by Crippen LogP contribution is -2.13. The number of rotatable bonds is 3. The van der Waals surface area contributed by atoms with Gasteiger partial charge in [0, 0.05) is 0 Å². The average Bonchev–Trinajstić information content (AvgIpc) is 2.16. The van der Waals surface area contributed by atoms with Crippen molar-refractivity contribution in [1.82, 2.24) is 0 Å². The fraction of sp³-hybridized carbons (Fsp3) is 0.364. The molecule has 0 saturated carbocycles. The Balaban J connectivity index is 2.46. The van der Waals surface area contributed by atoms with Gasteiger partial charge in [-0.2, -0.15) is 0 Å². The summed E-state index contributed by atoms with van der Waals surface area (Å²) in [7, 11) is 0. The van der Waals surface area contributed by atoms with E-state index >= 15 is 0 Å². The third kappa shape index (κ3) is 3.50. The van der Waals surface area contributed by atoms with Gasteiger partial charge in [-0.05, 0) is 19.4 Å². The van der Waals surface area contributed by atoms with Crippen LogP contribution in [-0.4, -0.2) is 10.8 Å². The molecule has 0 N–H and O–H groups in total. The van der Waals surface area contributed by atoms with E-state index in [1.165, 1.54) is 5.56 Å². The van der Waals surface area contributed by atoms with E-state index in [0.29, 0.717) is 6.61 Å². The highest BCUT2D eigenvalue weighted by atomic mass is 79.9. The average molecular weight is 257 g/mol. The second-order valence-corrected chi connectivity index (χ2v) is 4.58. The lowest BCUT2D eigenvalue weighted by Gasteiger charge is -2.06. The first-order chi connectivity index (χ1) is 6.59. The molecule has 0 saturated heterocycles. The molecule has 76 valence electrons. The van der Waals surface area contributed by atoms with Gasteiger partial charge in [0.05, 0.1) is 0 Å². The minimum Gasteiger partial charge on any atom is -0.460 e. The van der Waals surface area contributed by atoms with E-state index in [4.69, 9.17) is 4.74 Å². The highest BCUT2D eigenvalue weighted by Crippen LogP contribution is 2.07. The highest BCUT2D eigenvalue weighted by molar-refractivity contribution is 9.10. The van der Waals surface area contributed by atoms with Gasteiger partial charge in [0.25, 0.3) is 0 Å². The number of hydrogen-bond acceptors (Lipinski definition) is 2. The molecule has 0 fully saturated rings. The number of hydrogen-bond donors (Lipinski definition) is 0. The maximum absolute atomic E-state index is 11.1. The zero-order valence-electron chi connectivity index (χ0n) is 8.29. The summed E-state index contributed by atoms with van der Waals surface area (Å²) in [5.41, 5.74) is 2.21. The normalized spacial score (nSPS) is 12.2. The van der Waals surface area contributed by atoms with Crippen molar-refractivity contribution in [2.45, 2.75) is 25.3 Å². The van der Waals surface area contributed by atoms with Gasteiger partial charge in [-0.15, -0.1) is 0 Å². The molecule has 1 rings (SSSR count). The maximum Gasteiger partial charge on any atom is 0.319 e. The minimum atomic E-state index is -0.243. The molecule has 0 spiro atoms. The minimum absolute atomic E-state index is 0.231. The number of carbonyl (C=O) groups is 1. The molecule has 1 aromatic rings. The zero-order chi connectivity index (χ0) is 10.6. The Kier molecular flexibility index (Phi) is 4.14. The molecule has 3 heteroatoms. The lowest BCUT2D eigenvalue weighted by atomic mass is 10.2. The van der Waals surface area contributed by atoms with Crippen LogP contribution in [0.25, 0.3) is 0 Å². The molecule has 0 aliphatic rings. The molecule has 1 unspecified atom stereocenters. The van der Waals surface area contributed by atoms with E-state index in [-0.39, 0.29) is 10.8 Å². The Morgan fingerprint density at radius 2 is 2.00 bits per heavy atom. The monoisotopic (exact) mass is 256 g/mol. The van der Waals surface area contributed by atoms with Crippen LogP contribution < -0.4 is 0 Å². The molecule has 1 atom stereocenters. The molecule has 0 heterocycles. The fourth-order valence-corrected chi connectivity index (χ4v) is 1.09. The summed E-state index contributed by atoms with van der Waals surface area (Å²) < 4.78 is 5.04. The van der Waals surface area contributed by atoms with Crippen LogP contribution in [0.5, 0.6) is 0 Å². The first kappa shape index (κ1) is 11.2. The first-order valence-electron chi connectivity index (χ1n) is 4.46. The predicted octanol–water partition coefficient (Wildman–Crippen LogP) is 2.82. The van der Waals surface area contributed by atoms with Crippen molar-refractivity contribution < 1.29 is 9.53 Å². The quantitative estimate of drug-likeness (QED) is 0.614. The van der Waals surface area contributed by atoms with E-state index in [1.807, 2.05) is 31.2 Å². The molecule has 0 aliphatic carbocycles. The van der Waals surface area contributed by atoms with Crippen LogP contribution in [0.2, 0.25) is 0 Å². The van der Waals surface area contributed by atoms with Crippen LogP contribution in [0.4, 0.5) is 0 Å². The van der Waals surface area contributed by atoms with Crippen molar-refractivity contribution in [1.29, 1.82) is 0 Å². The Morgan fingerprint density at radius 3 is 2.50 bits per heavy atom. The highest BCUT2D eigenvalue weighted by Gasteiger charge is 2.09. The molecular formula is C11H13BrO2. The summed E-state index contributed by atoms with van der Waals surface area (Å²) in [5, 5.41) is 0.